The molecule has 0 heterocycles. The molecular weight excluding hydrogens is 214 g/mol. The van der Waals surface area contributed by atoms with Gasteiger partial charge in [-0.3, -0.25) is 0 Å². The first-order valence-corrected chi connectivity index (χ1v) is 6.39. The van der Waals surface area contributed by atoms with Gasteiger partial charge in [-0.25, -0.2) is 0 Å². The van der Waals surface area contributed by atoms with Crippen LogP contribution in [-0.4, -0.2) is 30.4 Å². The normalized spacial score (nSPS) is 18.2. The highest BCUT2D eigenvalue weighted by atomic mass is 16.5. The van der Waals surface area contributed by atoms with Crippen LogP contribution in [0.4, 0.5) is 0 Å². The maximum atomic E-state index is 10.1. The lowest BCUT2D eigenvalue weighted by Crippen LogP contribution is -2.39. The van der Waals surface area contributed by atoms with Crippen LogP contribution in [0.1, 0.15) is 25.7 Å². The highest BCUT2D eigenvalue weighted by molar-refractivity contribution is 5.20. The van der Waals surface area contributed by atoms with Gasteiger partial charge >= 0.3 is 0 Å². The van der Waals surface area contributed by atoms with Crippen LogP contribution >= 0.6 is 0 Å². The summed E-state index contributed by atoms with van der Waals surface area (Å²) in [5.74, 6) is 0.897. The second-order valence-corrected chi connectivity index (χ2v) is 4.77. The topological polar surface area (TPSA) is 41.5 Å². The van der Waals surface area contributed by atoms with E-state index in [1.807, 2.05) is 30.3 Å². The predicted molar refractivity (Wildman–Crippen MR) is 68.2 cm³/mol. The van der Waals surface area contributed by atoms with Crippen LogP contribution in [0, 0.1) is 0 Å². The zero-order chi connectivity index (χ0) is 12.0. The molecule has 0 saturated heterocycles. The van der Waals surface area contributed by atoms with Crippen LogP contribution in [0.2, 0.25) is 0 Å². The fraction of sp³-hybridized carbons (Fsp3) is 0.571. The van der Waals surface area contributed by atoms with Crippen LogP contribution in [0.5, 0.6) is 5.75 Å². The van der Waals surface area contributed by atoms with Crippen molar-refractivity contribution in [2.75, 3.05) is 19.7 Å². The van der Waals surface area contributed by atoms with Gasteiger partial charge in [-0.15, -0.1) is 0 Å². The van der Waals surface area contributed by atoms with Crippen molar-refractivity contribution >= 4 is 0 Å². The summed E-state index contributed by atoms with van der Waals surface area (Å²) in [5, 5.41) is 13.4. The molecule has 1 saturated carbocycles. The van der Waals surface area contributed by atoms with Gasteiger partial charge in [0, 0.05) is 13.1 Å². The van der Waals surface area contributed by atoms with Gasteiger partial charge in [0.25, 0.3) is 0 Å². The summed E-state index contributed by atoms with van der Waals surface area (Å²) in [5.41, 5.74) is -0.466. The number of aliphatic hydroxyl groups is 1. The minimum atomic E-state index is -0.466. The van der Waals surface area contributed by atoms with E-state index in [4.69, 9.17) is 4.74 Å². The maximum absolute atomic E-state index is 10.1. The van der Waals surface area contributed by atoms with Gasteiger partial charge in [0.2, 0.25) is 0 Å². The SMILES string of the molecule is OC1(CNCCOc2ccccc2)CCCC1. The Morgan fingerprint density at radius 1 is 1.18 bits per heavy atom. The number of benzene rings is 1. The van der Waals surface area contributed by atoms with Crippen LogP contribution < -0.4 is 10.1 Å². The van der Waals surface area contributed by atoms with Crippen molar-refractivity contribution in [2.45, 2.75) is 31.3 Å². The maximum Gasteiger partial charge on any atom is 0.119 e. The number of para-hydroxylation sites is 1. The second-order valence-electron chi connectivity index (χ2n) is 4.77. The Balaban J connectivity index is 1.58. The van der Waals surface area contributed by atoms with E-state index in [2.05, 4.69) is 5.32 Å². The quantitative estimate of drug-likeness (QED) is 0.741. The minimum Gasteiger partial charge on any atom is -0.492 e. The predicted octanol–water partition coefficient (Wildman–Crippen LogP) is 1.96. The summed E-state index contributed by atoms with van der Waals surface area (Å²) in [7, 11) is 0. The third-order valence-corrected chi connectivity index (χ3v) is 3.28. The van der Waals surface area contributed by atoms with Crippen LogP contribution in [0.25, 0.3) is 0 Å². The smallest absolute Gasteiger partial charge is 0.119 e. The molecular formula is C14H21NO2. The molecule has 0 aliphatic heterocycles. The zero-order valence-corrected chi connectivity index (χ0v) is 10.2. The van der Waals surface area contributed by atoms with E-state index in [0.717, 1.165) is 38.0 Å². The van der Waals surface area contributed by atoms with Crippen molar-refractivity contribution < 1.29 is 9.84 Å². The van der Waals surface area contributed by atoms with E-state index in [0.29, 0.717) is 13.2 Å². The molecule has 2 rings (SSSR count). The molecule has 0 aromatic heterocycles. The first-order valence-electron chi connectivity index (χ1n) is 6.39. The van der Waals surface area contributed by atoms with Gasteiger partial charge in [0.1, 0.15) is 12.4 Å². The molecule has 0 unspecified atom stereocenters. The van der Waals surface area contributed by atoms with Gasteiger partial charge in [-0.05, 0) is 25.0 Å². The molecule has 0 amide bonds. The number of nitrogens with one attached hydrogen (secondary N) is 1. The molecule has 3 nitrogen and oxygen atoms in total. The number of rotatable bonds is 6. The van der Waals surface area contributed by atoms with Crippen molar-refractivity contribution in [1.82, 2.24) is 5.32 Å². The molecule has 1 aliphatic rings. The molecule has 1 aliphatic carbocycles. The van der Waals surface area contributed by atoms with E-state index in [1.54, 1.807) is 0 Å². The fourth-order valence-electron chi connectivity index (χ4n) is 2.29. The third kappa shape index (κ3) is 4.02. The lowest BCUT2D eigenvalue weighted by atomic mass is 10.0. The van der Waals surface area contributed by atoms with E-state index in [1.165, 1.54) is 0 Å². The van der Waals surface area contributed by atoms with Gasteiger partial charge in [-0.1, -0.05) is 31.0 Å². The highest BCUT2D eigenvalue weighted by Crippen LogP contribution is 2.28. The third-order valence-electron chi connectivity index (χ3n) is 3.28. The Hall–Kier alpha value is -1.06. The van der Waals surface area contributed by atoms with Gasteiger partial charge in [0.05, 0.1) is 5.60 Å². The molecule has 1 aromatic rings. The highest BCUT2D eigenvalue weighted by Gasteiger charge is 2.30. The number of ether oxygens (including phenoxy) is 1. The zero-order valence-electron chi connectivity index (χ0n) is 10.2. The fourth-order valence-corrected chi connectivity index (χ4v) is 2.29. The Morgan fingerprint density at radius 2 is 1.88 bits per heavy atom. The Bertz CT molecular complexity index is 320. The van der Waals surface area contributed by atoms with Crippen molar-refractivity contribution in [2.24, 2.45) is 0 Å². The van der Waals surface area contributed by atoms with Crippen molar-refractivity contribution in [3.8, 4) is 5.75 Å². The minimum absolute atomic E-state index is 0.466. The number of hydrogen-bond donors (Lipinski definition) is 2. The Kier molecular flexibility index (Phi) is 4.40. The van der Waals surface area contributed by atoms with Crippen LogP contribution in [0.3, 0.4) is 0 Å². The molecule has 17 heavy (non-hydrogen) atoms. The monoisotopic (exact) mass is 235 g/mol. The molecule has 3 heteroatoms. The Labute approximate surface area is 103 Å². The molecule has 2 N–H and O–H groups in total. The molecule has 0 radical (unpaired) electrons. The first-order chi connectivity index (χ1) is 8.29. The summed E-state index contributed by atoms with van der Waals surface area (Å²) in [4.78, 5) is 0. The lowest BCUT2D eigenvalue weighted by molar-refractivity contribution is 0.0471. The summed E-state index contributed by atoms with van der Waals surface area (Å²) in [6, 6.07) is 9.80. The van der Waals surface area contributed by atoms with Crippen molar-refractivity contribution in [3.05, 3.63) is 30.3 Å². The summed E-state index contributed by atoms with van der Waals surface area (Å²) in [6.45, 7) is 2.10. The Morgan fingerprint density at radius 3 is 2.59 bits per heavy atom. The summed E-state index contributed by atoms with van der Waals surface area (Å²) in [6.07, 6.45) is 4.16. The average Bonchev–Trinajstić information content (AvgIpc) is 2.77. The molecule has 1 aromatic carbocycles. The summed E-state index contributed by atoms with van der Waals surface area (Å²) < 4.78 is 5.56. The summed E-state index contributed by atoms with van der Waals surface area (Å²) >= 11 is 0. The molecule has 0 bridgehead atoms. The van der Waals surface area contributed by atoms with E-state index in [-0.39, 0.29) is 0 Å². The van der Waals surface area contributed by atoms with Crippen molar-refractivity contribution in [1.29, 1.82) is 0 Å². The van der Waals surface area contributed by atoms with E-state index in [9.17, 15) is 5.11 Å². The van der Waals surface area contributed by atoms with Gasteiger partial charge < -0.3 is 15.2 Å². The van der Waals surface area contributed by atoms with Crippen LogP contribution in [-0.2, 0) is 0 Å². The second kappa shape index (κ2) is 6.03. The van der Waals surface area contributed by atoms with Gasteiger partial charge in [0.15, 0.2) is 0 Å². The molecule has 1 fully saturated rings. The molecule has 94 valence electrons. The van der Waals surface area contributed by atoms with Crippen molar-refractivity contribution in [3.63, 3.8) is 0 Å². The molecule has 0 spiro atoms. The average molecular weight is 235 g/mol. The van der Waals surface area contributed by atoms with E-state index < -0.39 is 5.60 Å². The number of hydrogen-bond acceptors (Lipinski definition) is 3. The van der Waals surface area contributed by atoms with E-state index >= 15 is 0 Å². The largest absolute Gasteiger partial charge is 0.492 e. The lowest BCUT2D eigenvalue weighted by Gasteiger charge is -2.22. The molecule has 0 atom stereocenters. The van der Waals surface area contributed by atoms with Gasteiger partial charge in [-0.2, -0.15) is 0 Å². The standard InChI is InChI=1S/C14H21NO2/c16-14(8-4-5-9-14)12-15-10-11-17-13-6-2-1-3-7-13/h1-3,6-7,15-16H,4-5,8-12H2. The first kappa shape index (κ1) is 12.4. The van der Waals surface area contributed by atoms with Crippen LogP contribution in [0.15, 0.2) is 30.3 Å².